The Morgan fingerprint density at radius 1 is 1.19 bits per heavy atom. The molecular weight excluding hydrogens is 496 g/mol. The van der Waals surface area contributed by atoms with Crippen molar-refractivity contribution >= 4 is 60.7 Å². The number of nitrogens with zero attached hydrogens (tertiary/aromatic N) is 2. The van der Waals surface area contributed by atoms with Crippen LogP contribution < -0.4 is 9.47 Å². The molecule has 0 radical (unpaired) electrons. The van der Waals surface area contributed by atoms with Crippen molar-refractivity contribution in [2.75, 3.05) is 7.11 Å². The zero-order chi connectivity index (χ0) is 21.8. The predicted octanol–water partition coefficient (Wildman–Crippen LogP) is 7.36. The summed E-state index contributed by atoms with van der Waals surface area (Å²) >= 11 is 11.3. The third-order valence-electron chi connectivity index (χ3n) is 4.54. The molecule has 7 heteroatoms. The smallest absolute Gasteiger partial charge is 0.175 e. The standard InChI is InChI=1S/C24H16BrClN2O2S/c1-29-21-12-15(10-17(13-27)24-28-20-8-4-5-9-22(20)31-24)11-18(25)23(21)30-14-16-6-2-3-7-19(16)26/h2-12H,14H2,1H3/b17-10-. The highest BCUT2D eigenvalue weighted by Gasteiger charge is 2.14. The van der Waals surface area contributed by atoms with Gasteiger partial charge in [0.1, 0.15) is 17.7 Å². The van der Waals surface area contributed by atoms with Gasteiger partial charge in [-0.15, -0.1) is 11.3 Å². The maximum absolute atomic E-state index is 9.72. The van der Waals surface area contributed by atoms with Gasteiger partial charge in [0.05, 0.1) is 27.4 Å². The fourth-order valence-electron chi connectivity index (χ4n) is 3.02. The van der Waals surface area contributed by atoms with E-state index in [1.165, 1.54) is 11.3 Å². The van der Waals surface area contributed by atoms with Crippen LogP contribution in [0.25, 0.3) is 21.9 Å². The number of halogens is 2. The maximum Gasteiger partial charge on any atom is 0.175 e. The average Bonchev–Trinajstić information content (AvgIpc) is 3.21. The topological polar surface area (TPSA) is 55.1 Å². The summed E-state index contributed by atoms with van der Waals surface area (Å²) in [6.07, 6.45) is 1.79. The monoisotopic (exact) mass is 510 g/mol. The first-order valence-electron chi connectivity index (χ1n) is 9.30. The minimum Gasteiger partial charge on any atom is -0.493 e. The highest BCUT2D eigenvalue weighted by molar-refractivity contribution is 9.10. The molecule has 0 amide bonds. The lowest BCUT2D eigenvalue weighted by Crippen LogP contribution is -1.99. The van der Waals surface area contributed by atoms with E-state index in [0.717, 1.165) is 21.3 Å². The number of aromatic nitrogens is 1. The van der Waals surface area contributed by atoms with Crippen LogP contribution in [0.1, 0.15) is 16.1 Å². The number of allylic oxidation sites excluding steroid dienone is 1. The highest BCUT2D eigenvalue weighted by Crippen LogP contribution is 2.39. The largest absolute Gasteiger partial charge is 0.493 e. The molecule has 0 spiro atoms. The third-order valence-corrected chi connectivity index (χ3v) is 6.56. The van der Waals surface area contributed by atoms with Crippen LogP contribution in [-0.4, -0.2) is 12.1 Å². The highest BCUT2D eigenvalue weighted by atomic mass is 79.9. The van der Waals surface area contributed by atoms with Gasteiger partial charge in [0.25, 0.3) is 0 Å². The molecule has 154 valence electrons. The van der Waals surface area contributed by atoms with Gasteiger partial charge in [-0.1, -0.05) is 41.9 Å². The van der Waals surface area contributed by atoms with Gasteiger partial charge >= 0.3 is 0 Å². The Kier molecular flexibility index (Phi) is 6.57. The molecule has 0 fully saturated rings. The molecule has 0 unspecified atom stereocenters. The first-order valence-corrected chi connectivity index (χ1v) is 11.3. The molecule has 0 aliphatic rings. The molecule has 3 aromatic carbocycles. The number of rotatable bonds is 6. The van der Waals surface area contributed by atoms with Crippen molar-refractivity contribution in [3.63, 3.8) is 0 Å². The van der Waals surface area contributed by atoms with Crippen LogP contribution in [0.2, 0.25) is 5.02 Å². The Balaban J connectivity index is 1.65. The second-order valence-electron chi connectivity index (χ2n) is 6.57. The van der Waals surface area contributed by atoms with Crippen LogP contribution in [0.5, 0.6) is 11.5 Å². The van der Waals surface area contributed by atoms with Crippen LogP contribution in [0.3, 0.4) is 0 Å². The Labute approximate surface area is 197 Å². The van der Waals surface area contributed by atoms with Gasteiger partial charge in [-0.25, -0.2) is 4.98 Å². The number of nitriles is 1. The van der Waals surface area contributed by atoms with E-state index in [4.69, 9.17) is 21.1 Å². The van der Waals surface area contributed by atoms with Crippen molar-refractivity contribution in [1.29, 1.82) is 5.26 Å². The van der Waals surface area contributed by atoms with E-state index in [9.17, 15) is 5.26 Å². The minimum absolute atomic E-state index is 0.305. The molecule has 1 aromatic heterocycles. The van der Waals surface area contributed by atoms with E-state index in [2.05, 4.69) is 27.0 Å². The fraction of sp³-hybridized carbons (Fsp3) is 0.0833. The summed E-state index contributed by atoms with van der Waals surface area (Å²) in [6, 6.07) is 21.3. The van der Waals surface area contributed by atoms with Crippen molar-refractivity contribution in [1.82, 2.24) is 4.98 Å². The summed E-state index contributed by atoms with van der Waals surface area (Å²) < 4.78 is 13.3. The minimum atomic E-state index is 0.305. The lowest BCUT2D eigenvalue weighted by Gasteiger charge is -2.14. The van der Waals surface area contributed by atoms with Gasteiger partial charge in [-0.2, -0.15) is 5.26 Å². The number of methoxy groups -OCH3 is 1. The second kappa shape index (κ2) is 9.52. The quantitative estimate of drug-likeness (QED) is 0.254. The number of ether oxygens (including phenoxy) is 2. The van der Waals surface area contributed by atoms with Gasteiger partial charge in [-0.05, 0) is 57.9 Å². The van der Waals surface area contributed by atoms with Crippen LogP contribution in [-0.2, 0) is 6.61 Å². The Bertz CT molecular complexity index is 1290. The van der Waals surface area contributed by atoms with Crippen molar-refractivity contribution in [3.05, 3.63) is 86.3 Å². The van der Waals surface area contributed by atoms with E-state index in [1.807, 2.05) is 60.7 Å². The molecule has 4 rings (SSSR count). The van der Waals surface area contributed by atoms with Crippen LogP contribution in [0, 0.1) is 11.3 Å². The molecule has 31 heavy (non-hydrogen) atoms. The van der Waals surface area contributed by atoms with Crippen molar-refractivity contribution in [3.8, 4) is 17.6 Å². The zero-order valence-corrected chi connectivity index (χ0v) is 19.6. The molecule has 0 saturated carbocycles. The summed E-state index contributed by atoms with van der Waals surface area (Å²) in [5, 5.41) is 11.0. The predicted molar refractivity (Wildman–Crippen MR) is 130 cm³/mol. The van der Waals surface area contributed by atoms with E-state index in [0.29, 0.717) is 38.2 Å². The summed E-state index contributed by atoms with van der Waals surface area (Å²) in [5.41, 5.74) is 3.04. The Morgan fingerprint density at radius 3 is 2.71 bits per heavy atom. The summed E-state index contributed by atoms with van der Waals surface area (Å²) in [7, 11) is 1.58. The van der Waals surface area contributed by atoms with Gasteiger partial charge in [0, 0.05) is 10.6 Å². The number of hydrogen-bond acceptors (Lipinski definition) is 5. The number of benzene rings is 3. The third kappa shape index (κ3) is 4.75. The van der Waals surface area contributed by atoms with Crippen molar-refractivity contribution in [2.24, 2.45) is 0 Å². The zero-order valence-electron chi connectivity index (χ0n) is 16.4. The van der Waals surface area contributed by atoms with Crippen molar-refractivity contribution < 1.29 is 9.47 Å². The van der Waals surface area contributed by atoms with Gasteiger partial charge in [0.2, 0.25) is 0 Å². The summed E-state index contributed by atoms with van der Waals surface area (Å²) in [4.78, 5) is 4.58. The number of fused-ring (bicyclic) bond motifs is 1. The molecule has 0 bridgehead atoms. The SMILES string of the molecule is COc1cc(/C=C(/C#N)c2nc3ccccc3s2)cc(Br)c1OCc1ccccc1Cl. The number of para-hydroxylation sites is 1. The first kappa shape index (κ1) is 21.4. The molecule has 0 N–H and O–H groups in total. The van der Waals surface area contributed by atoms with E-state index < -0.39 is 0 Å². The average molecular weight is 512 g/mol. The Morgan fingerprint density at radius 2 is 1.97 bits per heavy atom. The molecule has 0 aliphatic heterocycles. The van der Waals surface area contributed by atoms with Crippen LogP contribution >= 0.6 is 38.9 Å². The van der Waals surface area contributed by atoms with E-state index in [1.54, 1.807) is 13.2 Å². The summed E-state index contributed by atoms with van der Waals surface area (Å²) in [5.74, 6) is 1.12. The van der Waals surface area contributed by atoms with E-state index >= 15 is 0 Å². The normalized spacial score (nSPS) is 11.4. The number of hydrogen-bond donors (Lipinski definition) is 0. The molecule has 0 atom stereocenters. The van der Waals surface area contributed by atoms with Gasteiger partial charge < -0.3 is 9.47 Å². The fourth-order valence-corrected chi connectivity index (χ4v) is 4.72. The van der Waals surface area contributed by atoms with Crippen LogP contribution in [0.15, 0.2) is 65.1 Å². The van der Waals surface area contributed by atoms with E-state index in [-0.39, 0.29) is 0 Å². The van der Waals surface area contributed by atoms with Crippen LogP contribution in [0.4, 0.5) is 0 Å². The second-order valence-corrected chi connectivity index (χ2v) is 8.86. The lowest BCUT2D eigenvalue weighted by atomic mass is 10.1. The maximum atomic E-state index is 9.72. The lowest BCUT2D eigenvalue weighted by molar-refractivity contribution is 0.282. The Hall–Kier alpha value is -2.85. The molecular formula is C24H16BrClN2O2S. The molecule has 4 nitrogen and oxygen atoms in total. The van der Waals surface area contributed by atoms with Gasteiger partial charge in [-0.3, -0.25) is 0 Å². The summed E-state index contributed by atoms with van der Waals surface area (Å²) in [6.45, 7) is 0.305. The molecule has 0 saturated heterocycles. The molecule has 0 aliphatic carbocycles. The first-order chi connectivity index (χ1) is 15.1. The molecule has 4 aromatic rings. The van der Waals surface area contributed by atoms with Gasteiger partial charge in [0.15, 0.2) is 11.5 Å². The molecule has 1 heterocycles. The van der Waals surface area contributed by atoms with Crippen molar-refractivity contribution in [2.45, 2.75) is 6.61 Å². The number of thiazole rings is 1.